The monoisotopic (exact) mass is 363 g/mol. The van der Waals surface area contributed by atoms with Gasteiger partial charge in [0.05, 0.1) is 10.6 Å². The van der Waals surface area contributed by atoms with E-state index < -0.39 is 5.25 Å². The number of rotatable bonds is 4. The number of halogens is 1. The number of H-pyrrole nitrogens is 1. The van der Waals surface area contributed by atoms with Crippen LogP contribution in [0.5, 0.6) is 0 Å². The van der Waals surface area contributed by atoms with Gasteiger partial charge in [0.15, 0.2) is 5.16 Å². The normalized spacial score (nSPS) is 12.3. The summed E-state index contributed by atoms with van der Waals surface area (Å²) in [6.45, 7) is 3.63. The fraction of sp³-hybridized carbons (Fsp3) is 0.188. The van der Waals surface area contributed by atoms with E-state index in [-0.39, 0.29) is 17.3 Å². The van der Waals surface area contributed by atoms with E-state index in [1.165, 1.54) is 47.4 Å². The molecule has 0 aliphatic carbocycles. The number of nitrogens with zero attached hydrogens (tertiary/aromatic N) is 1. The van der Waals surface area contributed by atoms with E-state index in [0.29, 0.717) is 21.1 Å². The number of aromatic nitrogens is 2. The molecule has 24 heavy (non-hydrogen) atoms. The number of carbonyl (C=O) groups is 1. The fourth-order valence-electron chi connectivity index (χ4n) is 2.09. The molecular weight excluding hydrogens is 349 g/mol. The molecule has 124 valence electrons. The fourth-order valence-corrected chi connectivity index (χ4v) is 3.82. The van der Waals surface area contributed by atoms with Crippen LogP contribution in [0.15, 0.2) is 40.3 Å². The third kappa shape index (κ3) is 3.65. The van der Waals surface area contributed by atoms with Crippen molar-refractivity contribution in [3.63, 3.8) is 0 Å². The van der Waals surface area contributed by atoms with E-state index in [1.807, 2.05) is 6.92 Å². The maximum atomic E-state index is 12.9. The molecule has 2 N–H and O–H groups in total. The molecule has 1 amide bonds. The first kappa shape index (κ1) is 16.7. The van der Waals surface area contributed by atoms with Crippen LogP contribution in [0, 0.1) is 12.7 Å². The van der Waals surface area contributed by atoms with Crippen molar-refractivity contribution in [3.05, 3.63) is 51.4 Å². The molecule has 0 spiro atoms. The highest BCUT2D eigenvalue weighted by atomic mass is 32.2. The van der Waals surface area contributed by atoms with Gasteiger partial charge in [0.25, 0.3) is 5.56 Å². The number of aryl methyl sites for hydroxylation is 1. The largest absolute Gasteiger partial charge is 0.325 e. The van der Waals surface area contributed by atoms with Gasteiger partial charge >= 0.3 is 0 Å². The van der Waals surface area contributed by atoms with Gasteiger partial charge < -0.3 is 10.3 Å². The molecule has 0 bridgehead atoms. The Morgan fingerprint density at radius 2 is 2.08 bits per heavy atom. The number of fused-ring (bicyclic) bond motifs is 1. The van der Waals surface area contributed by atoms with E-state index in [4.69, 9.17) is 0 Å². The Morgan fingerprint density at radius 1 is 1.38 bits per heavy atom. The zero-order valence-corrected chi connectivity index (χ0v) is 14.6. The summed E-state index contributed by atoms with van der Waals surface area (Å²) < 4.78 is 12.9. The van der Waals surface area contributed by atoms with E-state index in [2.05, 4.69) is 15.3 Å². The summed E-state index contributed by atoms with van der Waals surface area (Å²) in [7, 11) is 0. The third-order valence-electron chi connectivity index (χ3n) is 3.27. The Hall–Kier alpha value is -2.19. The van der Waals surface area contributed by atoms with Crippen molar-refractivity contribution in [3.8, 4) is 0 Å². The maximum absolute atomic E-state index is 12.9. The molecule has 1 unspecified atom stereocenters. The molecule has 3 rings (SSSR count). The van der Waals surface area contributed by atoms with Crippen molar-refractivity contribution in [2.75, 3.05) is 5.32 Å². The summed E-state index contributed by atoms with van der Waals surface area (Å²) in [6, 6.07) is 7.33. The molecular formula is C16H14FN3O2S2. The van der Waals surface area contributed by atoms with Crippen LogP contribution in [0.2, 0.25) is 0 Å². The molecule has 3 aromatic rings. The van der Waals surface area contributed by atoms with Crippen LogP contribution >= 0.6 is 23.1 Å². The first-order valence-corrected chi connectivity index (χ1v) is 8.85. The summed E-state index contributed by atoms with van der Waals surface area (Å²) in [5, 5.41) is 3.19. The molecule has 0 aliphatic heterocycles. The Balaban J connectivity index is 1.74. The van der Waals surface area contributed by atoms with Crippen molar-refractivity contribution in [1.29, 1.82) is 0 Å². The number of amides is 1. The zero-order valence-electron chi connectivity index (χ0n) is 12.9. The Kier molecular flexibility index (Phi) is 4.68. The van der Waals surface area contributed by atoms with E-state index in [9.17, 15) is 14.0 Å². The van der Waals surface area contributed by atoms with Crippen LogP contribution in [0.4, 0.5) is 10.1 Å². The quantitative estimate of drug-likeness (QED) is 0.549. The van der Waals surface area contributed by atoms with Crippen LogP contribution in [-0.4, -0.2) is 21.1 Å². The van der Waals surface area contributed by atoms with Crippen LogP contribution < -0.4 is 10.9 Å². The van der Waals surface area contributed by atoms with Crippen LogP contribution in [-0.2, 0) is 4.79 Å². The smallest absolute Gasteiger partial charge is 0.260 e. The Morgan fingerprint density at radius 3 is 2.79 bits per heavy atom. The molecule has 5 nitrogen and oxygen atoms in total. The number of hydrogen-bond donors (Lipinski definition) is 2. The Bertz CT molecular complexity index is 950. The zero-order chi connectivity index (χ0) is 17.3. The lowest BCUT2D eigenvalue weighted by atomic mass is 10.3. The third-order valence-corrected chi connectivity index (χ3v) is 5.20. The van der Waals surface area contributed by atoms with Crippen LogP contribution in [0.25, 0.3) is 10.2 Å². The van der Waals surface area contributed by atoms with Gasteiger partial charge in [0, 0.05) is 10.6 Å². The van der Waals surface area contributed by atoms with Crippen molar-refractivity contribution >= 4 is 44.9 Å². The first-order chi connectivity index (χ1) is 11.4. The average molecular weight is 363 g/mol. The molecule has 1 atom stereocenters. The number of thiophene rings is 1. The summed E-state index contributed by atoms with van der Waals surface area (Å²) in [6.07, 6.45) is 0. The molecule has 1 aromatic carbocycles. The molecule has 2 aromatic heterocycles. The average Bonchev–Trinajstić information content (AvgIpc) is 2.90. The van der Waals surface area contributed by atoms with Gasteiger partial charge in [0.1, 0.15) is 10.6 Å². The second-order valence-electron chi connectivity index (χ2n) is 5.20. The van der Waals surface area contributed by atoms with Gasteiger partial charge in [-0.2, -0.15) is 0 Å². The van der Waals surface area contributed by atoms with Crippen molar-refractivity contribution in [2.45, 2.75) is 24.3 Å². The van der Waals surface area contributed by atoms with Gasteiger partial charge in [-0.05, 0) is 44.2 Å². The second-order valence-corrected chi connectivity index (χ2v) is 7.77. The minimum absolute atomic E-state index is 0.210. The number of carbonyl (C=O) groups excluding carboxylic acids is 1. The van der Waals surface area contributed by atoms with Crippen LogP contribution in [0.1, 0.15) is 11.8 Å². The summed E-state index contributed by atoms with van der Waals surface area (Å²) >= 11 is 2.61. The number of hydrogen-bond acceptors (Lipinski definition) is 5. The summed E-state index contributed by atoms with van der Waals surface area (Å²) in [5.74, 6) is -0.617. The number of benzene rings is 1. The molecule has 0 fully saturated rings. The van der Waals surface area contributed by atoms with Crippen molar-refractivity contribution in [2.24, 2.45) is 0 Å². The van der Waals surface area contributed by atoms with Gasteiger partial charge in [-0.15, -0.1) is 11.3 Å². The Labute approximate surface area is 145 Å². The summed E-state index contributed by atoms with van der Waals surface area (Å²) in [5.41, 5.74) is 0.303. The number of anilines is 1. The first-order valence-electron chi connectivity index (χ1n) is 7.16. The highest BCUT2D eigenvalue weighted by molar-refractivity contribution is 8.00. The van der Waals surface area contributed by atoms with Gasteiger partial charge in [-0.3, -0.25) is 9.59 Å². The van der Waals surface area contributed by atoms with Crippen LogP contribution in [0.3, 0.4) is 0 Å². The predicted octanol–water partition coefficient (Wildman–Crippen LogP) is 3.55. The molecule has 8 heteroatoms. The maximum Gasteiger partial charge on any atom is 0.260 e. The SMILES string of the molecule is Cc1cc2c(=O)[nH]c(SC(C)C(=O)Nc3ccc(F)cc3)nc2s1. The number of aromatic amines is 1. The lowest BCUT2D eigenvalue weighted by Gasteiger charge is -2.11. The van der Waals surface area contributed by atoms with E-state index >= 15 is 0 Å². The number of thioether (sulfide) groups is 1. The summed E-state index contributed by atoms with van der Waals surface area (Å²) in [4.78, 5) is 33.0. The topological polar surface area (TPSA) is 74.8 Å². The van der Waals surface area contributed by atoms with E-state index in [0.717, 1.165) is 4.88 Å². The number of nitrogens with one attached hydrogen (secondary N) is 2. The molecule has 0 saturated heterocycles. The highest BCUT2D eigenvalue weighted by Gasteiger charge is 2.17. The van der Waals surface area contributed by atoms with Gasteiger partial charge in [-0.1, -0.05) is 11.8 Å². The molecule has 0 radical (unpaired) electrons. The lowest BCUT2D eigenvalue weighted by molar-refractivity contribution is -0.115. The van der Waals surface area contributed by atoms with E-state index in [1.54, 1.807) is 13.0 Å². The van der Waals surface area contributed by atoms with Gasteiger partial charge in [-0.25, -0.2) is 9.37 Å². The lowest BCUT2D eigenvalue weighted by Crippen LogP contribution is -2.23. The standard InChI is InChI=1S/C16H14FN3O2S2/c1-8-7-12-14(22)19-16(20-15(12)23-8)24-9(2)13(21)18-11-5-3-10(17)4-6-11/h3-7,9H,1-2H3,(H,18,21)(H,19,20,22). The molecule has 2 heterocycles. The molecule has 0 aliphatic rings. The molecule has 0 saturated carbocycles. The highest BCUT2D eigenvalue weighted by Crippen LogP contribution is 2.25. The van der Waals surface area contributed by atoms with Crippen molar-refractivity contribution < 1.29 is 9.18 Å². The predicted molar refractivity (Wildman–Crippen MR) is 95.3 cm³/mol. The van der Waals surface area contributed by atoms with Crippen molar-refractivity contribution in [1.82, 2.24) is 9.97 Å². The minimum atomic E-state index is -0.475. The van der Waals surface area contributed by atoms with Gasteiger partial charge in [0.2, 0.25) is 5.91 Å². The second kappa shape index (κ2) is 6.74. The minimum Gasteiger partial charge on any atom is -0.325 e.